The first-order valence-electron chi connectivity index (χ1n) is 10.4. The fourth-order valence-corrected chi connectivity index (χ4v) is 4.26. The molecule has 0 spiro atoms. The van der Waals surface area contributed by atoms with Crippen LogP contribution in [0.25, 0.3) is 16.7 Å². The maximum absolute atomic E-state index is 12.7. The number of benzene rings is 1. The second-order valence-corrected chi connectivity index (χ2v) is 9.21. The zero-order chi connectivity index (χ0) is 21.8. The van der Waals surface area contributed by atoms with Crippen molar-refractivity contribution in [3.8, 4) is 5.82 Å². The third-order valence-corrected chi connectivity index (χ3v) is 5.93. The average molecular weight is 435 g/mol. The first-order chi connectivity index (χ1) is 15.0. The number of rotatable bonds is 8. The van der Waals surface area contributed by atoms with Gasteiger partial charge < -0.3 is 9.88 Å². The molecule has 0 saturated heterocycles. The standard InChI is InChI=1S/C23H26N6OS/c1-16(2)31-22-13-21(25-15-26-22)29-17(3)19(14-27-29)23(30)24-10-6-11-28-12-9-18-7-4-5-8-20(18)28/h4-5,7-9,12-16H,6,10-11H2,1-3H3,(H,24,30). The summed E-state index contributed by atoms with van der Waals surface area (Å²) in [5.74, 6) is 0.543. The zero-order valence-corrected chi connectivity index (χ0v) is 18.8. The van der Waals surface area contributed by atoms with Crippen LogP contribution in [0.4, 0.5) is 0 Å². The molecule has 4 aromatic rings. The SMILES string of the molecule is Cc1c(C(=O)NCCCn2ccc3ccccc32)cnn1-c1cc(SC(C)C)ncn1. The number of thioether (sulfide) groups is 1. The van der Waals surface area contributed by atoms with Gasteiger partial charge in [-0.05, 0) is 30.9 Å². The lowest BCUT2D eigenvalue weighted by atomic mass is 10.2. The van der Waals surface area contributed by atoms with Crippen molar-refractivity contribution in [1.29, 1.82) is 0 Å². The van der Waals surface area contributed by atoms with Gasteiger partial charge in [0.15, 0.2) is 5.82 Å². The molecule has 3 aromatic heterocycles. The van der Waals surface area contributed by atoms with Gasteiger partial charge in [-0.3, -0.25) is 4.79 Å². The van der Waals surface area contributed by atoms with Crippen LogP contribution in [-0.4, -0.2) is 42.0 Å². The molecular weight excluding hydrogens is 408 g/mol. The van der Waals surface area contributed by atoms with E-state index >= 15 is 0 Å². The largest absolute Gasteiger partial charge is 0.352 e. The molecule has 31 heavy (non-hydrogen) atoms. The minimum absolute atomic E-state index is 0.119. The van der Waals surface area contributed by atoms with Gasteiger partial charge in [-0.15, -0.1) is 11.8 Å². The molecule has 0 fully saturated rings. The monoisotopic (exact) mass is 434 g/mol. The number of aryl methyl sites for hydroxylation is 1. The molecule has 1 amide bonds. The van der Waals surface area contributed by atoms with Gasteiger partial charge >= 0.3 is 0 Å². The summed E-state index contributed by atoms with van der Waals surface area (Å²) in [5, 5.41) is 9.93. The second-order valence-electron chi connectivity index (χ2n) is 7.61. The van der Waals surface area contributed by atoms with Crippen LogP contribution in [0.2, 0.25) is 0 Å². The number of fused-ring (bicyclic) bond motifs is 1. The summed E-state index contributed by atoms with van der Waals surface area (Å²) in [6.45, 7) is 7.56. The molecular formula is C23H26N6OS. The van der Waals surface area contributed by atoms with E-state index in [1.54, 1.807) is 22.6 Å². The Morgan fingerprint density at radius 2 is 2.03 bits per heavy atom. The molecule has 0 bridgehead atoms. The number of carbonyl (C=O) groups is 1. The van der Waals surface area contributed by atoms with Crippen LogP contribution in [0, 0.1) is 6.92 Å². The predicted molar refractivity (Wildman–Crippen MR) is 124 cm³/mol. The van der Waals surface area contributed by atoms with Gasteiger partial charge in [-0.25, -0.2) is 14.6 Å². The summed E-state index contributed by atoms with van der Waals surface area (Å²) in [4.78, 5) is 21.3. The van der Waals surface area contributed by atoms with Gasteiger partial charge in [0.25, 0.3) is 5.91 Å². The summed E-state index contributed by atoms with van der Waals surface area (Å²) in [6, 6.07) is 12.3. The molecule has 0 aliphatic heterocycles. The number of nitrogens with one attached hydrogen (secondary N) is 1. The molecule has 1 N–H and O–H groups in total. The maximum Gasteiger partial charge on any atom is 0.254 e. The van der Waals surface area contributed by atoms with Crippen LogP contribution in [0.15, 0.2) is 60.1 Å². The number of para-hydroxylation sites is 1. The Kier molecular flexibility index (Phi) is 6.36. The van der Waals surface area contributed by atoms with Crippen molar-refractivity contribution in [2.75, 3.05) is 6.54 Å². The molecule has 0 saturated carbocycles. The van der Waals surface area contributed by atoms with Crippen molar-refractivity contribution < 1.29 is 4.79 Å². The van der Waals surface area contributed by atoms with Crippen LogP contribution in [0.5, 0.6) is 0 Å². The van der Waals surface area contributed by atoms with E-state index in [0.717, 1.165) is 23.7 Å². The molecule has 160 valence electrons. The zero-order valence-electron chi connectivity index (χ0n) is 17.9. The van der Waals surface area contributed by atoms with E-state index < -0.39 is 0 Å². The Morgan fingerprint density at radius 1 is 1.19 bits per heavy atom. The van der Waals surface area contributed by atoms with E-state index in [0.29, 0.717) is 23.2 Å². The highest BCUT2D eigenvalue weighted by atomic mass is 32.2. The van der Waals surface area contributed by atoms with Gasteiger partial charge in [0, 0.05) is 36.1 Å². The summed E-state index contributed by atoms with van der Waals surface area (Å²) in [6.07, 6.45) is 6.07. The van der Waals surface area contributed by atoms with Crippen molar-refractivity contribution in [2.24, 2.45) is 0 Å². The lowest BCUT2D eigenvalue weighted by molar-refractivity contribution is 0.0952. The highest BCUT2D eigenvalue weighted by Gasteiger charge is 2.16. The van der Waals surface area contributed by atoms with Crippen LogP contribution in [-0.2, 0) is 6.54 Å². The Labute approximate surface area is 185 Å². The topological polar surface area (TPSA) is 77.6 Å². The number of aromatic nitrogens is 5. The minimum atomic E-state index is -0.119. The molecule has 0 radical (unpaired) electrons. The van der Waals surface area contributed by atoms with Gasteiger partial charge in [-0.1, -0.05) is 32.0 Å². The van der Waals surface area contributed by atoms with Crippen molar-refractivity contribution in [2.45, 2.75) is 44.0 Å². The van der Waals surface area contributed by atoms with E-state index in [-0.39, 0.29) is 5.91 Å². The molecule has 0 aliphatic carbocycles. The summed E-state index contributed by atoms with van der Waals surface area (Å²) in [5.41, 5.74) is 2.53. The molecule has 4 rings (SSSR count). The lowest BCUT2D eigenvalue weighted by Crippen LogP contribution is -2.25. The van der Waals surface area contributed by atoms with Crippen LogP contribution < -0.4 is 5.32 Å². The highest BCUT2D eigenvalue weighted by Crippen LogP contribution is 2.22. The summed E-state index contributed by atoms with van der Waals surface area (Å²) < 4.78 is 3.90. The fraction of sp³-hybridized carbons (Fsp3) is 0.304. The highest BCUT2D eigenvalue weighted by molar-refractivity contribution is 7.99. The van der Waals surface area contributed by atoms with E-state index in [2.05, 4.69) is 63.2 Å². The van der Waals surface area contributed by atoms with Crippen molar-refractivity contribution in [3.05, 3.63) is 66.4 Å². The van der Waals surface area contributed by atoms with Gasteiger partial charge in [-0.2, -0.15) is 5.10 Å². The first-order valence-corrected chi connectivity index (χ1v) is 11.3. The van der Waals surface area contributed by atoms with Crippen LogP contribution in [0.3, 0.4) is 0 Å². The van der Waals surface area contributed by atoms with Crippen molar-refractivity contribution >= 4 is 28.6 Å². The van der Waals surface area contributed by atoms with E-state index in [1.165, 1.54) is 17.2 Å². The average Bonchev–Trinajstić information content (AvgIpc) is 3.34. The van der Waals surface area contributed by atoms with Crippen LogP contribution >= 0.6 is 11.8 Å². The minimum Gasteiger partial charge on any atom is -0.352 e. The third-order valence-electron chi connectivity index (χ3n) is 5.00. The van der Waals surface area contributed by atoms with Crippen LogP contribution in [0.1, 0.15) is 36.3 Å². The van der Waals surface area contributed by atoms with Crippen molar-refractivity contribution in [1.82, 2.24) is 29.6 Å². The third kappa shape index (κ3) is 4.80. The van der Waals surface area contributed by atoms with E-state index in [9.17, 15) is 4.79 Å². The molecule has 3 heterocycles. The Morgan fingerprint density at radius 3 is 2.87 bits per heavy atom. The van der Waals surface area contributed by atoms with Crippen molar-refractivity contribution in [3.63, 3.8) is 0 Å². The van der Waals surface area contributed by atoms with E-state index in [4.69, 9.17) is 0 Å². The molecule has 8 heteroatoms. The molecule has 0 aliphatic rings. The fourth-order valence-electron chi connectivity index (χ4n) is 3.50. The predicted octanol–water partition coefficient (Wildman–Crippen LogP) is 4.25. The smallest absolute Gasteiger partial charge is 0.254 e. The van der Waals surface area contributed by atoms with E-state index in [1.807, 2.05) is 25.1 Å². The Hall–Kier alpha value is -3.13. The molecule has 7 nitrogen and oxygen atoms in total. The Balaban J connectivity index is 1.37. The number of hydrogen-bond acceptors (Lipinski definition) is 5. The molecule has 0 atom stereocenters. The van der Waals surface area contributed by atoms with Gasteiger partial charge in [0.05, 0.1) is 17.5 Å². The number of nitrogens with zero attached hydrogens (tertiary/aromatic N) is 5. The second kappa shape index (κ2) is 9.34. The number of carbonyl (C=O) groups excluding carboxylic acids is 1. The maximum atomic E-state index is 12.7. The lowest BCUT2D eigenvalue weighted by Gasteiger charge is -2.09. The normalized spacial score (nSPS) is 11.4. The number of hydrogen-bond donors (Lipinski definition) is 1. The quantitative estimate of drug-likeness (QED) is 0.255. The summed E-state index contributed by atoms with van der Waals surface area (Å²) in [7, 11) is 0. The molecule has 1 aromatic carbocycles. The first kappa shape index (κ1) is 21.1. The van der Waals surface area contributed by atoms with Gasteiger partial charge in [0.2, 0.25) is 0 Å². The summed E-state index contributed by atoms with van der Waals surface area (Å²) >= 11 is 1.67. The Bertz CT molecular complexity index is 1200. The number of amides is 1. The molecule has 0 unspecified atom stereocenters. The van der Waals surface area contributed by atoms with Gasteiger partial charge in [0.1, 0.15) is 11.4 Å².